The number of benzene rings is 3. The van der Waals surface area contributed by atoms with Crippen molar-refractivity contribution < 1.29 is 32.2 Å². The van der Waals surface area contributed by atoms with Gasteiger partial charge in [-0.3, -0.25) is 15.1 Å². The van der Waals surface area contributed by atoms with Crippen molar-refractivity contribution in [1.82, 2.24) is 25.6 Å². The van der Waals surface area contributed by atoms with E-state index >= 15 is 0 Å². The lowest BCUT2D eigenvalue weighted by atomic mass is 10.0. The Balaban J connectivity index is 1.21. The van der Waals surface area contributed by atoms with Crippen LogP contribution in [0.2, 0.25) is 0 Å². The second-order valence-electron chi connectivity index (χ2n) is 9.69. The largest absolute Gasteiger partial charge is 0.573 e. The van der Waals surface area contributed by atoms with Crippen molar-refractivity contribution in [1.29, 1.82) is 0 Å². The average molecular weight is 640 g/mol. The Labute approximate surface area is 260 Å². The summed E-state index contributed by atoms with van der Waals surface area (Å²) < 4.78 is 47.9. The number of aliphatic imine (C=N–C) groups is 1. The number of amidine groups is 1. The maximum atomic E-state index is 12.8. The lowest BCUT2D eigenvalue weighted by Crippen LogP contribution is -2.39. The first-order valence-electron chi connectivity index (χ1n) is 13.7. The Kier molecular flexibility index (Phi) is 9.80. The van der Waals surface area contributed by atoms with Gasteiger partial charge >= 0.3 is 12.4 Å². The molecule has 11 nitrogen and oxygen atoms in total. The number of rotatable bonds is 10. The van der Waals surface area contributed by atoms with Crippen LogP contribution >= 0.6 is 11.8 Å². The third-order valence-electron chi connectivity index (χ3n) is 6.65. The van der Waals surface area contributed by atoms with Crippen molar-refractivity contribution in [3.8, 4) is 22.8 Å². The van der Waals surface area contributed by atoms with E-state index in [4.69, 9.17) is 4.74 Å². The van der Waals surface area contributed by atoms with Gasteiger partial charge in [-0.1, -0.05) is 61.2 Å². The maximum Gasteiger partial charge on any atom is 0.573 e. The number of aromatic nitrogens is 3. The number of ether oxygens (including phenoxy) is 2. The van der Waals surface area contributed by atoms with E-state index in [-0.39, 0.29) is 28.6 Å². The van der Waals surface area contributed by atoms with Crippen LogP contribution in [0.15, 0.2) is 84.1 Å². The summed E-state index contributed by atoms with van der Waals surface area (Å²) in [4.78, 5) is 35.3. The van der Waals surface area contributed by atoms with E-state index in [1.165, 1.54) is 51.9 Å². The zero-order valence-corrected chi connectivity index (χ0v) is 24.9. The van der Waals surface area contributed by atoms with Crippen LogP contribution in [0.4, 0.5) is 23.7 Å². The molecule has 4 aromatic rings. The summed E-state index contributed by atoms with van der Waals surface area (Å²) in [5, 5.41) is 4.70. The van der Waals surface area contributed by atoms with Crippen molar-refractivity contribution >= 4 is 34.6 Å². The smallest absolute Gasteiger partial charge is 0.406 e. The second-order valence-corrected chi connectivity index (χ2v) is 10.6. The molecule has 0 radical (unpaired) electrons. The predicted molar refractivity (Wildman–Crippen MR) is 163 cm³/mol. The summed E-state index contributed by atoms with van der Waals surface area (Å²) in [6.45, 7) is 2.26. The number of nitrogens with one attached hydrogen (secondary N) is 2. The number of methoxy groups -OCH3 is 1. The fraction of sp³-hybridized carbons (Fsp3) is 0.233. The molecular formula is C30H28F3N7O4S. The molecule has 1 fully saturated rings. The monoisotopic (exact) mass is 639 g/mol. The highest BCUT2D eigenvalue weighted by Gasteiger charge is 2.32. The Morgan fingerprint density at radius 1 is 1.09 bits per heavy atom. The normalized spacial score (nSPS) is 15.0. The number of amides is 3. The van der Waals surface area contributed by atoms with Gasteiger partial charge in [0.05, 0.1) is 29.8 Å². The Hall–Kier alpha value is -4.73. The van der Waals surface area contributed by atoms with Gasteiger partial charge in [-0.05, 0) is 42.3 Å². The molecule has 1 unspecified atom stereocenters. The zero-order chi connectivity index (χ0) is 32.0. The first-order valence-corrected chi connectivity index (χ1v) is 14.7. The molecule has 5 rings (SSSR count). The molecule has 3 amide bonds. The van der Waals surface area contributed by atoms with Crippen molar-refractivity contribution in [2.75, 3.05) is 17.8 Å². The molecule has 2 N–H and O–H groups in total. The lowest BCUT2D eigenvalue weighted by molar-refractivity contribution is -0.274. The molecular weight excluding hydrogens is 611 g/mol. The lowest BCUT2D eigenvalue weighted by Gasteiger charge is -2.20. The van der Waals surface area contributed by atoms with E-state index in [0.29, 0.717) is 30.2 Å². The molecule has 1 aliphatic rings. The molecule has 15 heteroatoms. The molecule has 3 aromatic carbocycles. The number of hydrogen-bond acceptors (Lipinski definition) is 8. The Morgan fingerprint density at radius 3 is 2.51 bits per heavy atom. The van der Waals surface area contributed by atoms with E-state index in [2.05, 4.69) is 30.7 Å². The minimum atomic E-state index is -4.77. The van der Waals surface area contributed by atoms with Crippen LogP contribution in [0.25, 0.3) is 17.1 Å². The summed E-state index contributed by atoms with van der Waals surface area (Å²) in [6, 6.07) is 19.1. The Bertz CT molecular complexity index is 1680. The highest BCUT2D eigenvalue weighted by atomic mass is 32.2. The van der Waals surface area contributed by atoms with Gasteiger partial charge in [0.2, 0.25) is 5.91 Å². The molecule has 234 valence electrons. The first-order chi connectivity index (χ1) is 21.6. The number of nitrogens with zero attached hydrogens (tertiary/aromatic N) is 5. The minimum absolute atomic E-state index is 0.168. The van der Waals surface area contributed by atoms with Crippen molar-refractivity contribution in [2.45, 2.75) is 32.4 Å². The number of carbonyl (C=O) groups excluding carboxylic acids is 2. The summed E-state index contributed by atoms with van der Waals surface area (Å²) >= 11 is 1.18. The molecule has 1 aliphatic heterocycles. The van der Waals surface area contributed by atoms with Crippen LogP contribution in [0.3, 0.4) is 0 Å². The number of hydrogen-bond donors (Lipinski definition) is 2. The molecule has 2 heterocycles. The fourth-order valence-corrected chi connectivity index (χ4v) is 5.42. The quantitative estimate of drug-likeness (QED) is 0.210. The van der Waals surface area contributed by atoms with E-state index < -0.39 is 12.4 Å². The molecule has 0 aliphatic carbocycles. The highest BCUT2D eigenvalue weighted by molar-refractivity contribution is 8.15. The number of thioether (sulfide) groups is 1. The predicted octanol–water partition coefficient (Wildman–Crippen LogP) is 5.78. The molecule has 0 bridgehead atoms. The van der Waals surface area contributed by atoms with E-state index in [9.17, 15) is 22.8 Å². The van der Waals surface area contributed by atoms with Gasteiger partial charge < -0.3 is 9.47 Å². The van der Waals surface area contributed by atoms with E-state index in [0.717, 1.165) is 16.7 Å². The van der Waals surface area contributed by atoms with Crippen LogP contribution in [-0.4, -0.2) is 51.1 Å². The van der Waals surface area contributed by atoms with Gasteiger partial charge in [0.1, 0.15) is 12.1 Å². The SMILES string of the molecule is CCC(NNC(=O)N=C1SCC(=O)N1c1ccccc1COC)c1ccc(-c2ncn(-c3ccc(OC(F)(F)F)cc3)n2)cc1. The van der Waals surface area contributed by atoms with Crippen LogP contribution < -0.4 is 20.5 Å². The van der Waals surface area contributed by atoms with Crippen LogP contribution in [0.5, 0.6) is 5.75 Å². The van der Waals surface area contributed by atoms with Crippen molar-refractivity contribution in [3.63, 3.8) is 0 Å². The van der Waals surface area contributed by atoms with Gasteiger partial charge in [-0.15, -0.1) is 18.3 Å². The molecule has 0 saturated carbocycles. The Morgan fingerprint density at radius 2 is 1.82 bits per heavy atom. The molecule has 1 saturated heterocycles. The van der Waals surface area contributed by atoms with Gasteiger partial charge in [0.25, 0.3) is 0 Å². The molecule has 1 aromatic heterocycles. The highest BCUT2D eigenvalue weighted by Crippen LogP contribution is 2.30. The third kappa shape index (κ3) is 7.87. The van der Waals surface area contributed by atoms with E-state index in [1.54, 1.807) is 13.2 Å². The number of carbonyl (C=O) groups is 2. The minimum Gasteiger partial charge on any atom is -0.406 e. The van der Waals surface area contributed by atoms with Gasteiger partial charge in [0.15, 0.2) is 11.0 Å². The van der Waals surface area contributed by atoms with Crippen LogP contribution in [0, 0.1) is 0 Å². The van der Waals surface area contributed by atoms with E-state index in [1.807, 2.05) is 49.4 Å². The van der Waals surface area contributed by atoms with Crippen molar-refractivity contribution in [2.24, 2.45) is 4.99 Å². The fourth-order valence-electron chi connectivity index (χ4n) is 4.56. The van der Waals surface area contributed by atoms with Gasteiger partial charge in [-0.25, -0.2) is 19.9 Å². The standard InChI is InChI=1S/C30H28F3N7O4S/c1-3-24(36-37-28(42)35-29-40(26(41)17-45-29)25-7-5-4-6-21(25)16-43-2)19-8-10-20(11-9-19)27-34-18-39(38-27)22-12-14-23(15-13-22)44-30(31,32)33/h4-15,18,24,36H,3,16-17H2,1-2H3,(H,37,42). The number of halogens is 3. The van der Waals surface area contributed by atoms with Gasteiger partial charge in [-0.2, -0.15) is 4.99 Å². The first kappa shape index (κ1) is 31.7. The summed E-state index contributed by atoms with van der Waals surface area (Å²) in [5.74, 6) is 0.0779. The molecule has 0 spiro atoms. The second kappa shape index (κ2) is 13.9. The maximum absolute atomic E-state index is 12.8. The summed E-state index contributed by atoms with van der Waals surface area (Å²) in [5.41, 5.74) is 9.15. The number of alkyl halides is 3. The summed E-state index contributed by atoms with van der Waals surface area (Å²) in [6.07, 6.45) is -2.67. The molecule has 45 heavy (non-hydrogen) atoms. The summed E-state index contributed by atoms with van der Waals surface area (Å²) in [7, 11) is 1.57. The topological polar surface area (TPSA) is 123 Å². The van der Waals surface area contributed by atoms with Crippen LogP contribution in [0.1, 0.15) is 30.5 Å². The molecule has 1 atom stereocenters. The number of hydrazine groups is 1. The number of anilines is 1. The number of para-hydroxylation sites is 1. The van der Waals surface area contributed by atoms with Crippen molar-refractivity contribution in [3.05, 3.63) is 90.3 Å². The average Bonchev–Trinajstić information content (AvgIpc) is 3.65. The van der Waals surface area contributed by atoms with Crippen LogP contribution in [-0.2, 0) is 16.1 Å². The zero-order valence-electron chi connectivity index (χ0n) is 24.1. The third-order valence-corrected chi connectivity index (χ3v) is 7.58. The number of urea groups is 1. The van der Waals surface area contributed by atoms with Gasteiger partial charge in [0, 0.05) is 18.2 Å².